The lowest BCUT2D eigenvalue weighted by Gasteiger charge is -2.12. The molecule has 2 aromatic rings. The number of hydrogen-bond donors (Lipinski definition) is 1. The van der Waals surface area contributed by atoms with Gasteiger partial charge < -0.3 is 9.30 Å². The van der Waals surface area contributed by atoms with E-state index in [4.69, 9.17) is 28.6 Å². The molecule has 1 N–H and O–H groups in total. The lowest BCUT2D eigenvalue weighted by molar-refractivity contribution is 0.289. The number of benzene rings is 1. The van der Waals surface area contributed by atoms with Crippen LogP contribution in [0.2, 0.25) is 5.02 Å². The average Bonchev–Trinajstić information content (AvgIpc) is 2.70. The van der Waals surface area contributed by atoms with Gasteiger partial charge >= 0.3 is 0 Å². The first-order valence-corrected chi connectivity index (χ1v) is 7.18. The lowest BCUT2D eigenvalue weighted by Crippen LogP contribution is -2.04. The minimum Gasteiger partial charge on any atom is -0.484 e. The summed E-state index contributed by atoms with van der Waals surface area (Å²) < 4.78 is 8.99. The largest absolute Gasteiger partial charge is 0.484 e. The molecule has 7 heteroatoms. The van der Waals surface area contributed by atoms with Crippen LogP contribution in [-0.2, 0) is 13.7 Å². The number of hydrogen-bond acceptors (Lipinski definition) is 3. The molecule has 1 heterocycles. The van der Waals surface area contributed by atoms with E-state index >= 15 is 0 Å². The van der Waals surface area contributed by atoms with Gasteiger partial charge in [0.2, 0.25) is 0 Å². The van der Waals surface area contributed by atoms with E-state index in [1.165, 1.54) is 0 Å². The molecule has 2 rings (SSSR count). The zero-order valence-electron chi connectivity index (χ0n) is 10.8. The summed E-state index contributed by atoms with van der Waals surface area (Å²) in [4.78, 5) is 0. The van der Waals surface area contributed by atoms with Crippen molar-refractivity contribution >= 4 is 39.7 Å². The quantitative estimate of drug-likeness (QED) is 0.836. The van der Waals surface area contributed by atoms with E-state index in [0.717, 1.165) is 32.2 Å². The molecule has 0 saturated carbocycles. The smallest absolute Gasteiger partial charge is 0.194 e. The van der Waals surface area contributed by atoms with E-state index in [-0.39, 0.29) is 0 Å². The van der Waals surface area contributed by atoms with E-state index in [9.17, 15) is 0 Å². The maximum Gasteiger partial charge on any atom is 0.194 e. The first-order valence-electron chi connectivity index (χ1n) is 5.60. The second-order valence-electron chi connectivity index (χ2n) is 4.24. The second kappa shape index (κ2) is 5.64. The Bertz CT molecular complexity index is 680. The van der Waals surface area contributed by atoms with Gasteiger partial charge in [-0.25, -0.2) is 0 Å². The fourth-order valence-electron chi connectivity index (χ4n) is 1.66. The van der Waals surface area contributed by atoms with Crippen LogP contribution in [0.5, 0.6) is 5.75 Å². The highest BCUT2D eigenvalue weighted by molar-refractivity contribution is 9.10. The van der Waals surface area contributed by atoms with Crippen molar-refractivity contribution in [2.45, 2.75) is 20.5 Å². The standard InChI is InChI=1S/C12H13BrClN3OS/c1-6-4-8(10(13)7(2)11(6)14)18-5-9-15-16-12(19)17(9)3/h4H,5H2,1-3H3,(H,16,19). The van der Waals surface area contributed by atoms with Crippen LogP contribution in [-0.4, -0.2) is 14.8 Å². The molecule has 19 heavy (non-hydrogen) atoms. The number of ether oxygens (including phenoxy) is 1. The maximum absolute atomic E-state index is 6.18. The van der Waals surface area contributed by atoms with Crippen molar-refractivity contribution in [2.75, 3.05) is 0 Å². The molecule has 0 fully saturated rings. The zero-order valence-corrected chi connectivity index (χ0v) is 13.9. The number of aromatic nitrogens is 3. The number of aryl methyl sites for hydroxylation is 1. The third-order valence-corrected chi connectivity index (χ3v) is 4.83. The van der Waals surface area contributed by atoms with Gasteiger partial charge in [0.25, 0.3) is 0 Å². The summed E-state index contributed by atoms with van der Waals surface area (Å²) in [6, 6.07) is 1.90. The molecule has 0 amide bonds. The third kappa shape index (κ3) is 2.85. The Morgan fingerprint density at radius 2 is 2.21 bits per heavy atom. The third-order valence-electron chi connectivity index (χ3n) is 2.90. The van der Waals surface area contributed by atoms with Crippen LogP contribution in [0.25, 0.3) is 0 Å². The Kier molecular flexibility index (Phi) is 4.32. The highest BCUT2D eigenvalue weighted by Gasteiger charge is 2.12. The summed E-state index contributed by atoms with van der Waals surface area (Å²) in [6.45, 7) is 4.23. The number of H-pyrrole nitrogens is 1. The van der Waals surface area contributed by atoms with E-state index in [1.54, 1.807) is 4.57 Å². The molecule has 0 unspecified atom stereocenters. The van der Waals surface area contributed by atoms with Gasteiger partial charge in [0.1, 0.15) is 12.4 Å². The van der Waals surface area contributed by atoms with Crippen LogP contribution >= 0.6 is 39.7 Å². The minimum atomic E-state index is 0.336. The molecule has 1 aromatic carbocycles. The van der Waals surface area contributed by atoms with Crippen molar-refractivity contribution in [1.82, 2.24) is 14.8 Å². The Morgan fingerprint density at radius 3 is 2.79 bits per heavy atom. The van der Waals surface area contributed by atoms with Crippen molar-refractivity contribution < 1.29 is 4.74 Å². The first kappa shape index (κ1) is 14.6. The number of rotatable bonds is 3. The first-order chi connectivity index (χ1) is 8.91. The predicted octanol–water partition coefficient (Wildman–Crippen LogP) is 4.09. The lowest BCUT2D eigenvalue weighted by atomic mass is 10.1. The number of nitrogens with one attached hydrogen (secondary N) is 1. The Labute approximate surface area is 129 Å². The molecular weight excluding hydrogens is 350 g/mol. The normalized spacial score (nSPS) is 10.8. The predicted molar refractivity (Wildman–Crippen MR) is 81.4 cm³/mol. The average molecular weight is 363 g/mol. The zero-order chi connectivity index (χ0) is 14.2. The summed E-state index contributed by atoms with van der Waals surface area (Å²) in [6.07, 6.45) is 0. The van der Waals surface area contributed by atoms with Crippen LogP contribution in [0.1, 0.15) is 17.0 Å². The van der Waals surface area contributed by atoms with Crippen LogP contribution in [0.3, 0.4) is 0 Å². The Morgan fingerprint density at radius 1 is 1.53 bits per heavy atom. The minimum absolute atomic E-state index is 0.336. The molecule has 0 bridgehead atoms. The fraction of sp³-hybridized carbons (Fsp3) is 0.333. The van der Waals surface area contributed by atoms with Gasteiger partial charge in [-0.1, -0.05) is 11.6 Å². The van der Waals surface area contributed by atoms with E-state index in [2.05, 4.69) is 26.1 Å². The molecule has 4 nitrogen and oxygen atoms in total. The van der Waals surface area contributed by atoms with Crippen molar-refractivity contribution in [1.29, 1.82) is 0 Å². The Balaban J connectivity index is 2.25. The van der Waals surface area contributed by atoms with Gasteiger partial charge in [-0.2, -0.15) is 5.10 Å². The van der Waals surface area contributed by atoms with E-state index < -0.39 is 0 Å². The van der Waals surface area contributed by atoms with Crippen LogP contribution in [0.15, 0.2) is 10.5 Å². The molecule has 0 spiro atoms. The van der Waals surface area contributed by atoms with Gasteiger partial charge in [-0.15, -0.1) is 0 Å². The summed E-state index contributed by atoms with van der Waals surface area (Å²) in [7, 11) is 1.85. The van der Waals surface area contributed by atoms with Crippen LogP contribution < -0.4 is 4.74 Å². The number of aromatic amines is 1. The van der Waals surface area contributed by atoms with Gasteiger partial charge in [-0.05, 0) is 59.2 Å². The van der Waals surface area contributed by atoms with Crippen LogP contribution in [0.4, 0.5) is 0 Å². The molecule has 0 aliphatic heterocycles. The monoisotopic (exact) mass is 361 g/mol. The van der Waals surface area contributed by atoms with Gasteiger partial charge in [0, 0.05) is 12.1 Å². The number of nitrogens with zero attached hydrogens (tertiary/aromatic N) is 2. The van der Waals surface area contributed by atoms with E-state index in [0.29, 0.717) is 11.4 Å². The molecule has 0 saturated heterocycles. The van der Waals surface area contributed by atoms with Crippen LogP contribution in [0, 0.1) is 18.6 Å². The summed E-state index contributed by atoms with van der Waals surface area (Å²) in [5.74, 6) is 1.48. The highest BCUT2D eigenvalue weighted by Crippen LogP contribution is 2.35. The van der Waals surface area contributed by atoms with Crippen molar-refractivity contribution in [3.8, 4) is 5.75 Å². The topological polar surface area (TPSA) is 42.8 Å². The summed E-state index contributed by atoms with van der Waals surface area (Å²) in [5.41, 5.74) is 1.94. The van der Waals surface area contributed by atoms with Gasteiger partial charge in [0.05, 0.1) is 4.47 Å². The molecule has 0 aliphatic rings. The summed E-state index contributed by atoms with van der Waals surface area (Å²) in [5, 5.41) is 7.57. The molecule has 0 radical (unpaired) electrons. The molecular formula is C12H13BrClN3OS. The van der Waals surface area contributed by atoms with Gasteiger partial charge in [0.15, 0.2) is 10.6 Å². The molecule has 102 valence electrons. The Hall–Kier alpha value is -0.850. The summed E-state index contributed by atoms with van der Waals surface area (Å²) >= 11 is 14.7. The molecule has 0 aliphatic carbocycles. The van der Waals surface area contributed by atoms with E-state index in [1.807, 2.05) is 27.0 Å². The fourth-order valence-corrected chi connectivity index (χ4v) is 2.50. The SMILES string of the molecule is Cc1cc(OCc2n[nH]c(=S)n2C)c(Br)c(C)c1Cl. The molecule has 0 atom stereocenters. The maximum atomic E-state index is 6.18. The van der Waals surface area contributed by atoms with Gasteiger partial charge in [-0.3, -0.25) is 5.10 Å². The van der Waals surface area contributed by atoms with Crippen molar-refractivity contribution in [3.63, 3.8) is 0 Å². The van der Waals surface area contributed by atoms with Crippen molar-refractivity contribution in [2.24, 2.45) is 7.05 Å². The molecule has 1 aromatic heterocycles. The second-order valence-corrected chi connectivity index (χ2v) is 5.79. The number of halogens is 2. The van der Waals surface area contributed by atoms with Crippen molar-refractivity contribution in [3.05, 3.63) is 37.3 Å². The highest BCUT2D eigenvalue weighted by atomic mass is 79.9.